The smallest absolute Gasteiger partial charge is 0.261 e. The molecule has 0 fully saturated rings. The fourth-order valence-electron chi connectivity index (χ4n) is 1.95. The third-order valence-corrected chi connectivity index (χ3v) is 3.76. The van der Waals surface area contributed by atoms with Gasteiger partial charge in [-0.3, -0.25) is 10.1 Å². The molecule has 1 aromatic heterocycles. The molecule has 0 saturated carbocycles. The molecular formula is C14H14N2O4S. The van der Waals surface area contributed by atoms with Gasteiger partial charge in [0.15, 0.2) is 16.6 Å². The molecule has 0 saturated heterocycles. The summed E-state index contributed by atoms with van der Waals surface area (Å²) < 4.78 is 11.0. The zero-order chi connectivity index (χ0) is 14.8. The molecule has 0 bridgehead atoms. The molecule has 110 valence electrons. The number of para-hydroxylation sites is 1. The predicted molar refractivity (Wildman–Crippen MR) is 78.1 cm³/mol. The maximum atomic E-state index is 12.3. The molecule has 2 heterocycles. The van der Waals surface area contributed by atoms with Crippen molar-refractivity contribution in [2.24, 2.45) is 0 Å². The van der Waals surface area contributed by atoms with Gasteiger partial charge in [0.25, 0.3) is 5.91 Å². The Balaban J connectivity index is 1.82. The molecule has 6 nitrogen and oxygen atoms in total. The lowest BCUT2D eigenvalue weighted by Crippen LogP contribution is -2.20. The first kappa shape index (κ1) is 13.8. The third-order valence-electron chi connectivity index (χ3n) is 2.98. The van der Waals surface area contributed by atoms with E-state index in [0.717, 1.165) is 0 Å². The Kier molecular flexibility index (Phi) is 3.76. The SMILES string of the molecule is CC(O)c1csc(NC(=O)c2cccc3c2OCCO3)n1. The van der Waals surface area contributed by atoms with Gasteiger partial charge in [-0.2, -0.15) is 0 Å². The molecule has 1 unspecified atom stereocenters. The minimum Gasteiger partial charge on any atom is -0.486 e. The molecule has 3 rings (SSSR count). The van der Waals surface area contributed by atoms with Gasteiger partial charge in [-0.15, -0.1) is 11.3 Å². The van der Waals surface area contributed by atoms with Gasteiger partial charge in [-0.1, -0.05) is 6.07 Å². The lowest BCUT2D eigenvalue weighted by Gasteiger charge is -2.20. The standard InChI is InChI=1S/C14H14N2O4S/c1-8(17)10-7-21-14(15-10)16-13(18)9-3-2-4-11-12(9)20-6-5-19-11/h2-4,7-8,17H,5-6H2,1H3,(H,15,16,18). The number of carbonyl (C=O) groups is 1. The van der Waals surface area contributed by atoms with E-state index < -0.39 is 6.10 Å². The number of hydrogen-bond acceptors (Lipinski definition) is 6. The van der Waals surface area contributed by atoms with E-state index in [9.17, 15) is 9.90 Å². The van der Waals surface area contributed by atoms with Crippen LogP contribution < -0.4 is 14.8 Å². The second kappa shape index (κ2) is 5.71. The number of amides is 1. The van der Waals surface area contributed by atoms with Crippen LogP contribution in [-0.4, -0.2) is 29.2 Å². The molecule has 1 amide bonds. The number of aliphatic hydroxyl groups excluding tert-OH is 1. The highest BCUT2D eigenvalue weighted by atomic mass is 32.1. The fraction of sp³-hybridized carbons (Fsp3) is 0.286. The summed E-state index contributed by atoms with van der Waals surface area (Å²) in [5, 5.41) is 14.3. The molecule has 1 aliphatic heterocycles. The van der Waals surface area contributed by atoms with Crippen molar-refractivity contribution in [3.63, 3.8) is 0 Å². The van der Waals surface area contributed by atoms with E-state index in [1.165, 1.54) is 11.3 Å². The molecule has 0 radical (unpaired) electrons. The number of fused-ring (bicyclic) bond motifs is 1. The highest BCUT2D eigenvalue weighted by molar-refractivity contribution is 7.14. The normalized spacial score (nSPS) is 14.6. The maximum absolute atomic E-state index is 12.3. The van der Waals surface area contributed by atoms with Crippen molar-refractivity contribution >= 4 is 22.4 Å². The van der Waals surface area contributed by atoms with Crippen LogP contribution >= 0.6 is 11.3 Å². The largest absolute Gasteiger partial charge is 0.486 e. The molecule has 7 heteroatoms. The number of benzene rings is 1. The number of aliphatic hydroxyl groups is 1. The Morgan fingerprint density at radius 1 is 1.43 bits per heavy atom. The van der Waals surface area contributed by atoms with Crippen LogP contribution in [0.15, 0.2) is 23.6 Å². The molecule has 1 aliphatic rings. The van der Waals surface area contributed by atoms with Crippen LogP contribution in [0.4, 0.5) is 5.13 Å². The molecule has 2 aromatic rings. The van der Waals surface area contributed by atoms with Crippen LogP contribution in [0.1, 0.15) is 29.1 Å². The lowest BCUT2D eigenvalue weighted by atomic mass is 10.1. The minimum atomic E-state index is -0.659. The van der Waals surface area contributed by atoms with Crippen molar-refractivity contribution in [1.29, 1.82) is 0 Å². The highest BCUT2D eigenvalue weighted by Crippen LogP contribution is 2.34. The van der Waals surface area contributed by atoms with Gasteiger partial charge in [0.1, 0.15) is 13.2 Å². The van der Waals surface area contributed by atoms with Crippen LogP contribution in [0.25, 0.3) is 0 Å². The van der Waals surface area contributed by atoms with E-state index in [4.69, 9.17) is 9.47 Å². The number of nitrogens with one attached hydrogen (secondary N) is 1. The van der Waals surface area contributed by atoms with Gasteiger partial charge < -0.3 is 14.6 Å². The van der Waals surface area contributed by atoms with Crippen LogP contribution in [-0.2, 0) is 0 Å². The summed E-state index contributed by atoms with van der Waals surface area (Å²) in [6.07, 6.45) is -0.659. The number of aromatic nitrogens is 1. The van der Waals surface area contributed by atoms with Gasteiger partial charge >= 0.3 is 0 Å². The zero-order valence-electron chi connectivity index (χ0n) is 11.3. The van der Waals surface area contributed by atoms with Gasteiger partial charge in [-0.25, -0.2) is 4.98 Å². The average molecular weight is 306 g/mol. The highest BCUT2D eigenvalue weighted by Gasteiger charge is 2.21. The molecule has 2 N–H and O–H groups in total. The summed E-state index contributed by atoms with van der Waals surface area (Å²) >= 11 is 1.26. The Hall–Kier alpha value is -2.12. The Morgan fingerprint density at radius 3 is 3.00 bits per heavy atom. The molecule has 0 spiro atoms. The molecule has 0 aliphatic carbocycles. The van der Waals surface area contributed by atoms with E-state index in [2.05, 4.69) is 10.3 Å². The fourth-order valence-corrected chi connectivity index (χ4v) is 2.74. The summed E-state index contributed by atoms with van der Waals surface area (Å²) in [7, 11) is 0. The second-order valence-electron chi connectivity index (χ2n) is 4.54. The summed E-state index contributed by atoms with van der Waals surface area (Å²) in [5.74, 6) is 0.704. The molecular weight excluding hydrogens is 292 g/mol. The minimum absolute atomic E-state index is 0.316. The summed E-state index contributed by atoms with van der Waals surface area (Å²) in [6, 6.07) is 5.18. The first-order chi connectivity index (χ1) is 10.1. The Labute approximate surface area is 125 Å². The number of anilines is 1. The number of nitrogens with zero attached hydrogens (tertiary/aromatic N) is 1. The van der Waals surface area contributed by atoms with E-state index in [1.54, 1.807) is 30.5 Å². The van der Waals surface area contributed by atoms with Gasteiger partial charge in [0.2, 0.25) is 0 Å². The topological polar surface area (TPSA) is 80.7 Å². The van der Waals surface area contributed by atoms with Crippen molar-refractivity contribution in [2.45, 2.75) is 13.0 Å². The maximum Gasteiger partial charge on any atom is 0.261 e. The first-order valence-corrected chi connectivity index (χ1v) is 7.36. The number of hydrogen-bond donors (Lipinski definition) is 2. The van der Waals surface area contributed by atoms with E-state index in [0.29, 0.717) is 41.1 Å². The van der Waals surface area contributed by atoms with Gasteiger partial charge in [-0.05, 0) is 19.1 Å². The molecule has 1 atom stereocenters. The Bertz CT molecular complexity index is 669. The quantitative estimate of drug-likeness (QED) is 0.909. The number of thiazole rings is 1. The van der Waals surface area contributed by atoms with Gasteiger partial charge in [0, 0.05) is 5.38 Å². The second-order valence-corrected chi connectivity index (χ2v) is 5.40. The summed E-state index contributed by atoms with van der Waals surface area (Å²) in [6.45, 7) is 2.52. The third kappa shape index (κ3) is 2.84. The average Bonchev–Trinajstić information content (AvgIpc) is 2.95. The van der Waals surface area contributed by atoms with Crippen LogP contribution in [0, 0.1) is 0 Å². The van der Waals surface area contributed by atoms with Crippen molar-refractivity contribution in [1.82, 2.24) is 4.98 Å². The van der Waals surface area contributed by atoms with Crippen LogP contribution in [0.2, 0.25) is 0 Å². The summed E-state index contributed by atoms with van der Waals surface area (Å²) in [4.78, 5) is 16.5. The van der Waals surface area contributed by atoms with Crippen LogP contribution in [0.5, 0.6) is 11.5 Å². The van der Waals surface area contributed by atoms with E-state index >= 15 is 0 Å². The monoisotopic (exact) mass is 306 g/mol. The van der Waals surface area contributed by atoms with E-state index in [1.807, 2.05) is 0 Å². The van der Waals surface area contributed by atoms with Crippen molar-refractivity contribution in [2.75, 3.05) is 18.5 Å². The van der Waals surface area contributed by atoms with Gasteiger partial charge in [0.05, 0.1) is 17.4 Å². The molecule has 21 heavy (non-hydrogen) atoms. The number of rotatable bonds is 3. The predicted octanol–water partition coefficient (Wildman–Crippen LogP) is 2.22. The van der Waals surface area contributed by atoms with E-state index in [-0.39, 0.29) is 5.91 Å². The summed E-state index contributed by atoms with van der Waals surface area (Å²) in [5.41, 5.74) is 0.936. The number of ether oxygens (including phenoxy) is 2. The first-order valence-electron chi connectivity index (χ1n) is 6.48. The zero-order valence-corrected chi connectivity index (χ0v) is 12.1. The van der Waals surface area contributed by atoms with Crippen LogP contribution in [0.3, 0.4) is 0 Å². The molecule has 1 aromatic carbocycles. The Morgan fingerprint density at radius 2 is 2.24 bits per heavy atom. The van der Waals surface area contributed by atoms with Crippen molar-refractivity contribution < 1.29 is 19.4 Å². The number of carbonyl (C=O) groups excluding carboxylic acids is 1. The van der Waals surface area contributed by atoms with Crippen molar-refractivity contribution in [3.05, 3.63) is 34.8 Å². The lowest BCUT2D eigenvalue weighted by molar-refractivity contribution is 0.101. The van der Waals surface area contributed by atoms with Crippen molar-refractivity contribution in [3.8, 4) is 11.5 Å².